The molecular formula is C5H11S2. The normalized spacial score (nSPS) is 12.0. The average molecular weight is 135 g/mol. The van der Waals surface area contributed by atoms with Crippen LogP contribution in [-0.4, -0.2) is 4.08 Å². The highest BCUT2D eigenvalue weighted by Crippen LogP contribution is 2.23. The highest BCUT2D eigenvalue weighted by Gasteiger charge is 2.08. The van der Waals surface area contributed by atoms with Crippen LogP contribution in [0.5, 0.6) is 0 Å². The molecule has 0 saturated carbocycles. The van der Waals surface area contributed by atoms with E-state index in [2.05, 4.69) is 31.7 Å². The minimum atomic E-state index is -0.116. The molecule has 2 heteroatoms. The molecule has 0 aromatic rings. The highest BCUT2D eigenvalue weighted by atomic mass is 32.2. The topological polar surface area (TPSA) is 0 Å². The lowest BCUT2D eigenvalue weighted by atomic mass is 10.3. The zero-order chi connectivity index (χ0) is 5.91. The third kappa shape index (κ3) is 6.70. The first kappa shape index (κ1) is 7.70. The van der Waals surface area contributed by atoms with Crippen LogP contribution >= 0.6 is 25.3 Å². The molecule has 0 aliphatic carbocycles. The summed E-state index contributed by atoms with van der Waals surface area (Å²) in [6.07, 6.45) is 3.00. The number of rotatable bonds is 2. The molecule has 0 aliphatic heterocycles. The van der Waals surface area contributed by atoms with Crippen molar-refractivity contribution in [3.05, 3.63) is 6.42 Å². The molecule has 0 atom stereocenters. The van der Waals surface area contributed by atoms with E-state index in [-0.39, 0.29) is 4.08 Å². The standard InChI is InChI=1S/C5H11S2/c1-3-4-5(2,6)7/h3,6-7H,4H2,1-2H3. The van der Waals surface area contributed by atoms with Crippen LogP contribution in [0.2, 0.25) is 0 Å². The Bertz CT molecular complexity index is 44.5. The van der Waals surface area contributed by atoms with Gasteiger partial charge in [-0.25, -0.2) is 0 Å². The first-order valence-corrected chi connectivity index (χ1v) is 3.18. The minimum absolute atomic E-state index is 0.116. The zero-order valence-corrected chi connectivity index (χ0v) is 6.47. The van der Waals surface area contributed by atoms with Crippen molar-refractivity contribution in [2.75, 3.05) is 0 Å². The quantitative estimate of drug-likeness (QED) is 0.421. The highest BCUT2D eigenvalue weighted by molar-refractivity contribution is 8.00. The van der Waals surface area contributed by atoms with Gasteiger partial charge in [0, 0.05) is 0 Å². The molecule has 0 aromatic carbocycles. The summed E-state index contributed by atoms with van der Waals surface area (Å²) < 4.78 is -0.116. The fourth-order valence-corrected chi connectivity index (χ4v) is 0.752. The number of thiol groups is 2. The van der Waals surface area contributed by atoms with Crippen molar-refractivity contribution in [2.45, 2.75) is 24.3 Å². The summed E-state index contributed by atoms with van der Waals surface area (Å²) in [5.41, 5.74) is 0. The van der Waals surface area contributed by atoms with Crippen LogP contribution in [0.4, 0.5) is 0 Å². The molecule has 0 heterocycles. The molecule has 0 nitrogen and oxygen atoms in total. The molecule has 0 aromatic heterocycles. The van der Waals surface area contributed by atoms with Crippen LogP contribution in [0.15, 0.2) is 0 Å². The molecule has 0 aliphatic rings. The molecule has 0 spiro atoms. The third-order valence-electron chi connectivity index (χ3n) is 0.591. The van der Waals surface area contributed by atoms with E-state index < -0.39 is 0 Å². The maximum absolute atomic E-state index is 4.17. The predicted octanol–water partition coefficient (Wildman–Crippen LogP) is 2.18. The Morgan fingerprint density at radius 3 is 2.00 bits per heavy atom. The van der Waals surface area contributed by atoms with Crippen LogP contribution in [0.3, 0.4) is 0 Å². The van der Waals surface area contributed by atoms with Gasteiger partial charge in [-0.05, 0) is 19.8 Å². The number of hydrogen-bond donors (Lipinski definition) is 2. The monoisotopic (exact) mass is 135 g/mol. The fraction of sp³-hybridized carbons (Fsp3) is 0.800. The van der Waals surface area contributed by atoms with Gasteiger partial charge in [0.05, 0.1) is 4.08 Å². The second kappa shape index (κ2) is 2.88. The van der Waals surface area contributed by atoms with Crippen molar-refractivity contribution in [1.29, 1.82) is 0 Å². The van der Waals surface area contributed by atoms with Crippen molar-refractivity contribution in [3.8, 4) is 0 Å². The summed E-state index contributed by atoms with van der Waals surface area (Å²) in [5.74, 6) is 0. The largest absolute Gasteiger partial charge is 0.162 e. The van der Waals surface area contributed by atoms with Crippen molar-refractivity contribution in [3.63, 3.8) is 0 Å². The minimum Gasteiger partial charge on any atom is -0.162 e. The van der Waals surface area contributed by atoms with E-state index in [9.17, 15) is 0 Å². The van der Waals surface area contributed by atoms with E-state index in [1.807, 2.05) is 13.8 Å². The molecule has 0 unspecified atom stereocenters. The summed E-state index contributed by atoms with van der Waals surface area (Å²) in [4.78, 5) is 0. The Morgan fingerprint density at radius 2 is 2.00 bits per heavy atom. The number of hydrogen-bond acceptors (Lipinski definition) is 2. The SMILES string of the molecule is C[CH]CC(C)(S)S. The van der Waals surface area contributed by atoms with Gasteiger partial charge in [-0.15, -0.1) is 0 Å². The van der Waals surface area contributed by atoms with Gasteiger partial charge in [0.2, 0.25) is 0 Å². The van der Waals surface area contributed by atoms with Gasteiger partial charge >= 0.3 is 0 Å². The molecule has 0 N–H and O–H groups in total. The smallest absolute Gasteiger partial charge is 0.0526 e. The molecule has 43 valence electrons. The summed E-state index contributed by atoms with van der Waals surface area (Å²) >= 11 is 8.34. The average Bonchev–Trinajstić information content (AvgIpc) is 1.30. The molecule has 7 heavy (non-hydrogen) atoms. The van der Waals surface area contributed by atoms with E-state index >= 15 is 0 Å². The Morgan fingerprint density at radius 1 is 1.57 bits per heavy atom. The van der Waals surface area contributed by atoms with Crippen molar-refractivity contribution in [2.24, 2.45) is 0 Å². The first-order chi connectivity index (χ1) is 3.06. The Balaban J connectivity index is 3.15. The maximum Gasteiger partial charge on any atom is 0.0526 e. The van der Waals surface area contributed by atoms with Gasteiger partial charge in [0.25, 0.3) is 0 Å². The van der Waals surface area contributed by atoms with Crippen LogP contribution in [-0.2, 0) is 0 Å². The predicted molar refractivity (Wildman–Crippen MR) is 41.0 cm³/mol. The second-order valence-corrected chi connectivity index (χ2v) is 4.16. The molecule has 0 amide bonds. The van der Waals surface area contributed by atoms with E-state index in [0.717, 1.165) is 6.42 Å². The lowest BCUT2D eigenvalue weighted by Crippen LogP contribution is -2.04. The van der Waals surface area contributed by atoms with E-state index in [1.165, 1.54) is 0 Å². The summed E-state index contributed by atoms with van der Waals surface area (Å²) in [6.45, 7) is 3.98. The summed E-state index contributed by atoms with van der Waals surface area (Å²) in [7, 11) is 0. The molecule has 1 radical (unpaired) electrons. The third-order valence-corrected chi connectivity index (χ3v) is 0.956. The van der Waals surface area contributed by atoms with Crippen LogP contribution < -0.4 is 0 Å². The van der Waals surface area contributed by atoms with Gasteiger partial charge < -0.3 is 0 Å². The van der Waals surface area contributed by atoms with Gasteiger partial charge in [-0.3, -0.25) is 0 Å². The lowest BCUT2D eigenvalue weighted by molar-refractivity contribution is 0.876. The van der Waals surface area contributed by atoms with Crippen LogP contribution in [0.25, 0.3) is 0 Å². The lowest BCUT2D eigenvalue weighted by Gasteiger charge is -2.12. The zero-order valence-electron chi connectivity index (χ0n) is 4.68. The van der Waals surface area contributed by atoms with Gasteiger partial charge in [-0.2, -0.15) is 25.3 Å². The van der Waals surface area contributed by atoms with Crippen LogP contribution in [0, 0.1) is 6.42 Å². The summed E-state index contributed by atoms with van der Waals surface area (Å²) in [6, 6.07) is 0. The second-order valence-electron chi connectivity index (χ2n) is 1.83. The molecule has 0 bridgehead atoms. The van der Waals surface area contributed by atoms with E-state index in [4.69, 9.17) is 0 Å². The molecule has 0 rings (SSSR count). The molecule has 0 fully saturated rings. The van der Waals surface area contributed by atoms with Crippen molar-refractivity contribution < 1.29 is 0 Å². The van der Waals surface area contributed by atoms with Gasteiger partial charge in [0.1, 0.15) is 0 Å². The fourth-order valence-electron chi connectivity index (χ4n) is 0.387. The summed E-state index contributed by atoms with van der Waals surface area (Å²) in [5, 5.41) is 0. The van der Waals surface area contributed by atoms with Gasteiger partial charge in [-0.1, -0.05) is 6.92 Å². The van der Waals surface area contributed by atoms with E-state index in [0.29, 0.717) is 0 Å². The molecular weight excluding hydrogens is 124 g/mol. The first-order valence-electron chi connectivity index (χ1n) is 2.29. The molecule has 0 saturated heterocycles. The van der Waals surface area contributed by atoms with E-state index in [1.54, 1.807) is 0 Å². The Kier molecular flexibility index (Phi) is 3.16. The Hall–Kier alpha value is 0.700. The van der Waals surface area contributed by atoms with Crippen molar-refractivity contribution in [1.82, 2.24) is 0 Å². The Labute approximate surface area is 56.5 Å². The van der Waals surface area contributed by atoms with Crippen LogP contribution in [0.1, 0.15) is 20.3 Å². The maximum atomic E-state index is 4.17. The van der Waals surface area contributed by atoms with Gasteiger partial charge in [0.15, 0.2) is 0 Å². The van der Waals surface area contributed by atoms with Crippen molar-refractivity contribution >= 4 is 25.3 Å².